The maximum atomic E-state index is 12.2. The quantitative estimate of drug-likeness (QED) is 0.827. The van der Waals surface area contributed by atoms with Crippen molar-refractivity contribution in [1.82, 2.24) is 5.32 Å². The summed E-state index contributed by atoms with van der Waals surface area (Å²) in [4.78, 5) is 12.2. The third kappa shape index (κ3) is 2.88. The molecule has 0 saturated carbocycles. The van der Waals surface area contributed by atoms with E-state index < -0.39 is 0 Å². The van der Waals surface area contributed by atoms with Crippen LogP contribution in [0.3, 0.4) is 0 Å². The van der Waals surface area contributed by atoms with Gasteiger partial charge >= 0.3 is 0 Å². The highest BCUT2D eigenvalue weighted by Crippen LogP contribution is 2.22. The highest BCUT2D eigenvalue weighted by molar-refractivity contribution is 5.97. The van der Waals surface area contributed by atoms with Crippen LogP contribution in [0.25, 0.3) is 0 Å². The number of carbonyl (C=O) groups excluding carboxylic acids is 1. The fraction of sp³-hybridized carbons (Fsp3) is 0.214. The van der Waals surface area contributed by atoms with Gasteiger partial charge in [0.05, 0.1) is 25.0 Å². The predicted molar refractivity (Wildman–Crippen MR) is 72.0 cm³/mol. The molecule has 0 radical (unpaired) electrons. The average molecular weight is 260 g/mol. The minimum Gasteiger partial charge on any atom is -0.496 e. The number of hydrogen-bond donors (Lipinski definition) is 2. The third-order valence-electron chi connectivity index (χ3n) is 2.79. The van der Waals surface area contributed by atoms with Gasteiger partial charge in [-0.3, -0.25) is 4.79 Å². The van der Waals surface area contributed by atoms with E-state index in [0.717, 1.165) is 0 Å². The number of carbonyl (C=O) groups is 1. The zero-order valence-corrected chi connectivity index (χ0v) is 10.8. The first-order chi connectivity index (χ1) is 9.11. The van der Waals surface area contributed by atoms with Crippen LogP contribution < -0.4 is 15.8 Å². The van der Waals surface area contributed by atoms with Crippen LogP contribution in [-0.4, -0.2) is 13.0 Å². The van der Waals surface area contributed by atoms with Gasteiger partial charge in [0.25, 0.3) is 5.91 Å². The largest absolute Gasteiger partial charge is 0.496 e. The number of hydrogen-bond acceptors (Lipinski definition) is 4. The fourth-order valence-corrected chi connectivity index (χ4v) is 1.78. The van der Waals surface area contributed by atoms with Crippen LogP contribution in [0.15, 0.2) is 41.0 Å². The lowest BCUT2D eigenvalue weighted by Gasteiger charge is -2.13. The van der Waals surface area contributed by atoms with Crippen molar-refractivity contribution in [2.75, 3.05) is 12.8 Å². The Morgan fingerprint density at radius 3 is 2.84 bits per heavy atom. The van der Waals surface area contributed by atoms with Crippen molar-refractivity contribution in [3.63, 3.8) is 0 Å². The summed E-state index contributed by atoms with van der Waals surface area (Å²) in [5.74, 6) is 0.910. The second-order valence-corrected chi connectivity index (χ2v) is 4.17. The van der Waals surface area contributed by atoms with Gasteiger partial charge in [-0.1, -0.05) is 0 Å². The topological polar surface area (TPSA) is 77.5 Å². The van der Waals surface area contributed by atoms with E-state index in [2.05, 4.69) is 5.32 Å². The number of amides is 1. The number of nitrogens with two attached hydrogens (primary N) is 1. The van der Waals surface area contributed by atoms with Gasteiger partial charge in [0, 0.05) is 11.8 Å². The Morgan fingerprint density at radius 1 is 1.42 bits per heavy atom. The van der Waals surface area contributed by atoms with Gasteiger partial charge in [0.15, 0.2) is 0 Å². The van der Waals surface area contributed by atoms with E-state index in [1.807, 2.05) is 13.0 Å². The first kappa shape index (κ1) is 13.0. The molecule has 2 aromatic rings. The number of nitrogen functional groups attached to an aromatic ring is 1. The molecule has 0 bridgehead atoms. The molecule has 1 aromatic heterocycles. The molecule has 5 heteroatoms. The lowest BCUT2D eigenvalue weighted by molar-refractivity contribution is 0.0932. The Morgan fingerprint density at radius 2 is 2.21 bits per heavy atom. The van der Waals surface area contributed by atoms with Gasteiger partial charge in [0.2, 0.25) is 0 Å². The van der Waals surface area contributed by atoms with Crippen LogP contribution in [0.2, 0.25) is 0 Å². The number of benzene rings is 1. The number of rotatable bonds is 4. The van der Waals surface area contributed by atoms with Gasteiger partial charge in [-0.2, -0.15) is 0 Å². The molecule has 1 heterocycles. The minimum atomic E-state index is -0.235. The second kappa shape index (κ2) is 5.48. The normalized spacial score (nSPS) is 11.9. The molecule has 0 unspecified atom stereocenters. The fourth-order valence-electron chi connectivity index (χ4n) is 1.78. The predicted octanol–water partition coefficient (Wildman–Crippen LogP) is 2.36. The first-order valence-electron chi connectivity index (χ1n) is 5.89. The summed E-state index contributed by atoms with van der Waals surface area (Å²) in [7, 11) is 1.50. The molecular weight excluding hydrogens is 244 g/mol. The molecule has 0 aliphatic rings. The van der Waals surface area contributed by atoms with Crippen molar-refractivity contribution in [2.24, 2.45) is 0 Å². The van der Waals surface area contributed by atoms with Crippen LogP contribution in [0.4, 0.5) is 5.69 Å². The Labute approximate surface area is 111 Å². The van der Waals surface area contributed by atoms with Crippen LogP contribution in [0, 0.1) is 0 Å². The lowest BCUT2D eigenvalue weighted by atomic mass is 10.1. The molecule has 1 amide bonds. The van der Waals surface area contributed by atoms with Crippen LogP contribution in [0.5, 0.6) is 5.75 Å². The summed E-state index contributed by atoms with van der Waals surface area (Å²) >= 11 is 0. The van der Waals surface area contributed by atoms with E-state index in [0.29, 0.717) is 22.8 Å². The molecule has 100 valence electrons. The molecule has 3 N–H and O–H groups in total. The summed E-state index contributed by atoms with van der Waals surface area (Å²) in [5, 5.41) is 2.84. The van der Waals surface area contributed by atoms with E-state index in [-0.39, 0.29) is 11.9 Å². The summed E-state index contributed by atoms with van der Waals surface area (Å²) in [6.45, 7) is 1.85. The van der Waals surface area contributed by atoms with E-state index in [9.17, 15) is 4.79 Å². The smallest absolute Gasteiger partial charge is 0.255 e. The van der Waals surface area contributed by atoms with E-state index in [1.54, 1.807) is 30.5 Å². The third-order valence-corrected chi connectivity index (χ3v) is 2.79. The highest BCUT2D eigenvalue weighted by Gasteiger charge is 2.16. The maximum Gasteiger partial charge on any atom is 0.255 e. The number of furan rings is 1. The molecular formula is C14H16N2O3. The Bertz CT molecular complexity index is 564. The Balaban J connectivity index is 2.16. The van der Waals surface area contributed by atoms with Gasteiger partial charge in [-0.25, -0.2) is 0 Å². The van der Waals surface area contributed by atoms with Crippen molar-refractivity contribution in [2.45, 2.75) is 13.0 Å². The number of anilines is 1. The van der Waals surface area contributed by atoms with Crippen molar-refractivity contribution in [3.8, 4) is 5.75 Å². The molecule has 5 nitrogen and oxygen atoms in total. The summed E-state index contributed by atoms with van der Waals surface area (Å²) in [6.07, 6.45) is 1.57. The van der Waals surface area contributed by atoms with E-state index in [1.165, 1.54) is 7.11 Å². The maximum absolute atomic E-state index is 12.2. The zero-order valence-electron chi connectivity index (χ0n) is 10.8. The van der Waals surface area contributed by atoms with Crippen molar-refractivity contribution in [1.29, 1.82) is 0 Å². The van der Waals surface area contributed by atoms with Crippen LogP contribution in [0.1, 0.15) is 29.1 Å². The minimum absolute atomic E-state index is 0.218. The molecule has 0 aliphatic heterocycles. The van der Waals surface area contributed by atoms with Crippen LogP contribution >= 0.6 is 0 Å². The molecule has 19 heavy (non-hydrogen) atoms. The molecule has 2 rings (SSSR count). The molecule has 0 fully saturated rings. The standard InChI is InChI=1S/C14H16N2O3/c1-9(12-4-3-7-19-12)16-14(17)11-6-5-10(15)8-13(11)18-2/h3-9H,15H2,1-2H3,(H,16,17)/t9-/m0/s1. The van der Waals surface area contributed by atoms with Gasteiger partial charge in [0.1, 0.15) is 11.5 Å². The van der Waals surface area contributed by atoms with Crippen molar-refractivity contribution < 1.29 is 13.9 Å². The van der Waals surface area contributed by atoms with Gasteiger partial charge < -0.3 is 20.2 Å². The summed E-state index contributed by atoms with van der Waals surface area (Å²) in [5.41, 5.74) is 6.64. The highest BCUT2D eigenvalue weighted by atomic mass is 16.5. The summed E-state index contributed by atoms with van der Waals surface area (Å²) in [6, 6.07) is 8.29. The monoisotopic (exact) mass is 260 g/mol. The second-order valence-electron chi connectivity index (χ2n) is 4.17. The first-order valence-corrected chi connectivity index (χ1v) is 5.89. The molecule has 1 aromatic carbocycles. The number of nitrogens with one attached hydrogen (secondary N) is 1. The summed E-state index contributed by atoms with van der Waals surface area (Å²) < 4.78 is 10.4. The molecule has 0 saturated heterocycles. The molecule has 0 spiro atoms. The molecule has 0 aliphatic carbocycles. The van der Waals surface area contributed by atoms with Crippen LogP contribution in [-0.2, 0) is 0 Å². The van der Waals surface area contributed by atoms with E-state index >= 15 is 0 Å². The number of ether oxygens (including phenoxy) is 1. The average Bonchev–Trinajstić information content (AvgIpc) is 2.92. The molecule has 1 atom stereocenters. The van der Waals surface area contributed by atoms with Gasteiger partial charge in [-0.05, 0) is 31.2 Å². The zero-order chi connectivity index (χ0) is 13.8. The lowest BCUT2D eigenvalue weighted by Crippen LogP contribution is -2.26. The van der Waals surface area contributed by atoms with E-state index in [4.69, 9.17) is 14.9 Å². The Hall–Kier alpha value is -2.43. The van der Waals surface area contributed by atoms with Crippen molar-refractivity contribution >= 4 is 11.6 Å². The Kier molecular flexibility index (Phi) is 3.75. The van der Waals surface area contributed by atoms with Gasteiger partial charge in [-0.15, -0.1) is 0 Å². The number of methoxy groups -OCH3 is 1. The van der Waals surface area contributed by atoms with Crippen molar-refractivity contribution in [3.05, 3.63) is 47.9 Å². The SMILES string of the molecule is COc1cc(N)ccc1C(=O)N[C@@H](C)c1ccco1.